The smallest absolute Gasteiger partial charge is 0.0622 e. The van der Waals surface area contributed by atoms with Crippen molar-refractivity contribution < 1.29 is 0 Å². The van der Waals surface area contributed by atoms with Crippen molar-refractivity contribution >= 4 is 10.8 Å². The molecule has 2 aliphatic carbocycles. The quantitative estimate of drug-likeness (QED) is 0.213. The molecule has 0 N–H and O–H groups in total. The summed E-state index contributed by atoms with van der Waals surface area (Å²) in [6.45, 7) is 0. The molecule has 0 aliphatic heterocycles. The van der Waals surface area contributed by atoms with Gasteiger partial charge in [-0.25, -0.2) is 0 Å². The van der Waals surface area contributed by atoms with E-state index in [4.69, 9.17) is 0 Å². The van der Waals surface area contributed by atoms with Gasteiger partial charge in [-0.2, -0.15) is 0 Å². The Morgan fingerprint density at radius 1 is 0.268 bits per heavy atom. The molecule has 0 radical (unpaired) electrons. The SMILES string of the molecule is c1ccc(-c2ccccc2-c2ccc3c(c2)C2(c4ccccc4-c4ccccc42)c2cc4ccccc4cc2-3)cc1. The van der Waals surface area contributed by atoms with E-state index in [0.717, 1.165) is 0 Å². The lowest BCUT2D eigenvalue weighted by Crippen LogP contribution is -2.25. The van der Waals surface area contributed by atoms with Crippen molar-refractivity contribution in [2.24, 2.45) is 0 Å². The molecule has 7 aromatic rings. The fourth-order valence-electron chi connectivity index (χ4n) is 7.60. The molecule has 0 bridgehead atoms. The Hall–Kier alpha value is -5.20. The summed E-state index contributed by atoms with van der Waals surface area (Å²) in [6.07, 6.45) is 0. The molecule has 41 heavy (non-hydrogen) atoms. The molecule has 0 heterocycles. The van der Waals surface area contributed by atoms with Gasteiger partial charge < -0.3 is 0 Å². The van der Waals surface area contributed by atoms with Gasteiger partial charge in [-0.1, -0.05) is 140 Å². The summed E-state index contributed by atoms with van der Waals surface area (Å²) in [6, 6.07) is 58.5. The summed E-state index contributed by atoms with van der Waals surface area (Å²) in [5.74, 6) is 0. The first-order valence-electron chi connectivity index (χ1n) is 14.4. The second-order valence-corrected chi connectivity index (χ2v) is 11.3. The molecule has 0 heteroatoms. The third-order valence-corrected chi connectivity index (χ3v) is 9.28. The molecule has 1 spiro atoms. The van der Waals surface area contributed by atoms with Crippen LogP contribution in [0.4, 0.5) is 0 Å². The maximum absolute atomic E-state index is 2.49. The molecule has 0 aromatic heterocycles. The molecular weight excluding hydrogens is 492 g/mol. The van der Waals surface area contributed by atoms with Gasteiger partial charge in [0.1, 0.15) is 0 Å². The lowest BCUT2D eigenvalue weighted by Gasteiger charge is -2.31. The van der Waals surface area contributed by atoms with Gasteiger partial charge in [-0.3, -0.25) is 0 Å². The van der Waals surface area contributed by atoms with Gasteiger partial charge in [0, 0.05) is 0 Å². The highest BCUT2D eigenvalue weighted by molar-refractivity contribution is 6.00. The summed E-state index contributed by atoms with van der Waals surface area (Å²) in [5.41, 5.74) is 15.5. The second-order valence-electron chi connectivity index (χ2n) is 11.3. The van der Waals surface area contributed by atoms with Gasteiger partial charge in [-0.05, 0) is 95.7 Å². The van der Waals surface area contributed by atoms with Gasteiger partial charge in [0.15, 0.2) is 0 Å². The maximum Gasteiger partial charge on any atom is 0.0725 e. The van der Waals surface area contributed by atoms with Crippen LogP contribution in [0.15, 0.2) is 158 Å². The maximum atomic E-state index is 2.49. The Kier molecular flexibility index (Phi) is 4.63. The van der Waals surface area contributed by atoms with Crippen LogP contribution in [-0.4, -0.2) is 0 Å². The minimum Gasteiger partial charge on any atom is -0.0622 e. The fraction of sp³-hybridized carbons (Fsp3) is 0.0244. The van der Waals surface area contributed by atoms with E-state index >= 15 is 0 Å². The highest BCUT2D eigenvalue weighted by Gasteiger charge is 2.51. The van der Waals surface area contributed by atoms with E-state index in [0.29, 0.717) is 0 Å². The van der Waals surface area contributed by atoms with E-state index in [-0.39, 0.29) is 5.41 Å². The average Bonchev–Trinajstić information content (AvgIpc) is 3.50. The number of hydrogen-bond donors (Lipinski definition) is 0. The van der Waals surface area contributed by atoms with Crippen LogP contribution in [0.25, 0.3) is 55.3 Å². The van der Waals surface area contributed by atoms with E-state index in [1.54, 1.807) is 0 Å². The van der Waals surface area contributed by atoms with Crippen LogP contribution in [0.3, 0.4) is 0 Å². The Bertz CT molecular complexity index is 2100. The minimum atomic E-state index is -0.362. The van der Waals surface area contributed by atoms with Crippen LogP contribution in [-0.2, 0) is 5.41 Å². The third-order valence-electron chi connectivity index (χ3n) is 9.28. The predicted molar refractivity (Wildman–Crippen MR) is 171 cm³/mol. The predicted octanol–water partition coefficient (Wildman–Crippen LogP) is 10.5. The lowest BCUT2D eigenvalue weighted by atomic mass is 9.70. The summed E-state index contributed by atoms with van der Waals surface area (Å²) in [5, 5.41) is 2.57. The molecule has 2 aliphatic rings. The summed E-state index contributed by atoms with van der Waals surface area (Å²) in [4.78, 5) is 0. The monoisotopic (exact) mass is 518 g/mol. The van der Waals surface area contributed by atoms with Crippen LogP contribution in [0.5, 0.6) is 0 Å². The Labute approximate surface area is 240 Å². The molecule has 0 atom stereocenters. The van der Waals surface area contributed by atoms with Crippen LogP contribution in [0.1, 0.15) is 22.3 Å². The van der Waals surface area contributed by atoms with E-state index in [9.17, 15) is 0 Å². The zero-order chi connectivity index (χ0) is 27.0. The molecule has 0 saturated heterocycles. The number of fused-ring (bicyclic) bond motifs is 11. The molecule has 9 rings (SSSR count). The van der Waals surface area contributed by atoms with E-state index in [1.807, 2.05) is 0 Å². The topological polar surface area (TPSA) is 0 Å². The normalized spacial score (nSPS) is 13.6. The molecule has 0 amide bonds. The van der Waals surface area contributed by atoms with Crippen molar-refractivity contribution in [3.8, 4) is 44.5 Å². The fourth-order valence-corrected chi connectivity index (χ4v) is 7.60. The average molecular weight is 519 g/mol. The molecule has 0 fully saturated rings. The molecule has 190 valence electrons. The van der Waals surface area contributed by atoms with Crippen molar-refractivity contribution in [2.75, 3.05) is 0 Å². The van der Waals surface area contributed by atoms with Gasteiger partial charge in [0.25, 0.3) is 0 Å². The van der Waals surface area contributed by atoms with E-state index in [2.05, 4.69) is 158 Å². The Balaban J connectivity index is 1.40. The Morgan fingerprint density at radius 2 is 0.756 bits per heavy atom. The van der Waals surface area contributed by atoms with Crippen molar-refractivity contribution in [3.05, 3.63) is 180 Å². The van der Waals surface area contributed by atoms with Gasteiger partial charge in [0.2, 0.25) is 0 Å². The summed E-state index contributed by atoms with van der Waals surface area (Å²) < 4.78 is 0. The first-order chi connectivity index (χ1) is 20.3. The van der Waals surface area contributed by atoms with Gasteiger partial charge in [-0.15, -0.1) is 0 Å². The zero-order valence-electron chi connectivity index (χ0n) is 22.5. The van der Waals surface area contributed by atoms with Crippen LogP contribution >= 0.6 is 0 Å². The van der Waals surface area contributed by atoms with Gasteiger partial charge in [0.05, 0.1) is 5.41 Å². The largest absolute Gasteiger partial charge is 0.0725 e. The first kappa shape index (κ1) is 22.6. The zero-order valence-corrected chi connectivity index (χ0v) is 22.5. The first-order valence-corrected chi connectivity index (χ1v) is 14.4. The van der Waals surface area contributed by atoms with Crippen LogP contribution in [0, 0.1) is 0 Å². The third kappa shape index (κ3) is 3.00. The minimum absolute atomic E-state index is 0.362. The number of rotatable bonds is 2. The summed E-state index contributed by atoms with van der Waals surface area (Å²) >= 11 is 0. The number of benzene rings is 7. The molecule has 7 aromatic carbocycles. The van der Waals surface area contributed by atoms with E-state index < -0.39 is 0 Å². The van der Waals surface area contributed by atoms with E-state index in [1.165, 1.54) is 77.5 Å². The molecule has 0 nitrogen and oxygen atoms in total. The molecule has 0 unspecified atom stereocenters. The highest BCUT2D eigenvalue weighted by Crippen LogP contribution is 2.63. The molecular formula is C41H26. The Morgan fingerprint density at radius 3 is 1.44 bits per heavy atom. The lowest BCUT2D eigenvalue weighted by molar-refractivity contribution is 0.795. The van der Waals surface area contributed by atoms with Crippen LogP contribution in [0.2, 0.25) is 0 Å². The molecule has 0 saturated carbocycles. The van der Waals surface area contributed by atoms with Crippen LogP contribution < -0.4 is 0 Å². The standard InChI is InChI=1S/C41H26/c1-2-12-27(13-3-1)31-16-6-7-17-32(31)30-22-23-35-36-24-28-14-4-5-15-29(28)25-40(36)41(39(35)26-30)37-20-10-8-18-33(37)34-19-9-11-21-38(34)41/h1-26H. The van der Waals surface area contributed by atoms with Crippen molar-refractivity contribution in [1.29, 1.82) is 0 Å². The highest BCUT2D eigenvalue weighted by atomic mass is 14.5. The van der Waals surface area contributed by atoms with Gasteiger partial charge >= 0.3 is 0 Å². The van der Waals surface area contributed by atoms with Crippen molar-refractivity contribution in [3.63, 3.8) is 0 Å². The second kappa shape index (κ2) is 8.40. The van der Waals surface area contributed by atoms with Crippen molar-refractivity contribution in [2.45, 2.75) is 5.41 Å². The van der Waals surface area contributed by atoms with Crippen molar-refractivity contribution in [1.82, 2.24) is 0 Å². The number of hydrogen-bond acceptors (Lipinski definition) is 0. The summed E-state index contributed by atoms with van der Waals surface area (Å²) in [7, 11) is 0.